The van der Waals surface area contributed by atoms with Crippen LogP contribution in [0, 0.1) is 23.2 Å². The Morgan fingerprint density at radius 1 is 1.03 bits per heavy atom. The van der Waals surface area contributed by atoms with Crippen LogP contribution in [0.4, 0.5) is 5.69 Å². The number of sulfonamides is 1. The Bertz CT molecular complexity index is 1030. The molecule has 4 bridgehead atoms. The molecule has 5 aliphatic rings. The van der Waals surface area contributed by atoms with Gasteiger partial charge < -0.3 is 10.2 Å². The van der Waals surface area contributed by atoms with Crippen LogP contribution in [0.1, 0.15) is 65.2 Å². The molecular weight excluding hydrogens is 450 g/mol. The summed E-state index contributed by atoms with van der Waals surface area (Å²) in [5.74, 6) is 2.10. The Kier molecular flexibility index (Phi) is 6.04. The van der Waals surface area contributed by atoms with E-state index >= 15 is 0 Å². The van der Waals surface area contributed by atoms with Gasteiger partial charge in [-0.1, -0.05) is 0 Å². The van der Waals surface area contributed by atoms with E-state index in [9.17, 15) is 18.0 Å². The first kappa shape index (κ1) is 23.8. The van der Waals surface area contributed by atoms with Gasteiger partial charge in [0.05, 0.1) is 10.3 Å². The summed E-state index contributed by atoms with van der Waals surface area (Å²) in [7, 11) is -2.01. The van der Waals surface area contributed by atoms with Gasteiger partial charge in [-0.3, -0.25) is 9.59 Å². The van der Waals surface area contributed by atoms with Gasteiger partial charge in [-0.25, -0.2) is 8.42 Å². The van der Waals surface area contributed by atoms with Crippen molar-refractivity contribution in [3.63, 3.8) is 0 Å². The van der Waals surface area contributed by atoms with Crippen molar-refractivity contribution in [1.29, 1.82) is 0 Å². The van der Waals surface area contributed by atoms with Gasteiger partial charge in [0, 0.05) is 25.3 Å². The second kappa shape index (κ2) is 8.63. The number of benzene rings is 1. The minimum atomic E-state index is -3.57. The molecule has 0 radical (unpaired) electrons. The minimum Gasteiger partial charge on any atom is -0.330 e. The first-order valence-electron chi connectivity index (χ1n) is 12.8. The molecule has 1 saturated heterocycles. The number of nitrogens with one attached hydrogen (secondary N) is 1. The van der Waals surface area contributed by atoms with E-state index in [1.165, 1.54) is 35.7 Å². The van der Waals surface area contributed by atoms with E-state index in [2.05, 4.69) is 5.32 Å². The highest BCUT2D eigenvalue weighted by Gasteiger charge is 2.56. The zero-order valence-corrected chi connectivity index (χ0v) is 21.3. The molecule has 4 aliphatic carbocycles. The predicted molar refractivity (Wildman–Crippen MR) is 130 cm³/mol. The number of anilines is 1. The van der Waals surface area contributed by atoms with Gasteiger partial charge in [-0.05, 0) is 107 Å². The summed E-state index contributed by atoms with van der Waals surface area (Å²) in [6, 6.07) is 5.70. The third-order valence-corrected chi connectivity index (χ3v) is 10.9. The largest absolute Gasteiger partial charge is 0.330 e. The molecule has 0 unspecified atom stereocenters. The Hall–Kier alpha value is -1.93. The van der Waals surface area contributed by atoms with Gasteiger partial charge in [-0.2, -0.15) is 4.31 Å². The second-order valence-electron chi connectivity index (χ2n) is 11.5. The molecule has 1 aromatic rings. The maximum absolute atomic E-state index is 13.8. The first-order chi connectivity index (χ1) is 16.1. The number of hydrogen-bond acceptors (Lipinski definition) is 4. The molecule has 1 aromatic carbocycles. The monoisotopic (exact) mass is 487 g/mol. The number of amides is 2. The number of carbonyl (C=O) groups excluding carboxylic acids is 2. The lowest BCUT2D eigenvalue weighted by molar-refractivity contribution is -0.160. The van der Waals surface area contributed by atoms with Crippen molar-refractivity contribution in [3.8, 4) is 0 Å². The molecule has 1 aliphatic heterocycles. The van der Waals surface area contributed by atoms with Gasteiger partial charge >= 0.3 is 0 Å². The topological polar surface area (TPSA) is 86.8 Å². The first-order valence-corrected chi connectivity index (χ1v) is 14.2. The fourth-order valence-electron chi connectivity index (χ4n) is 7.34. The highest BCUT2D eigenvalue weighted by atomic mass is 32.2. The molecule has 0 spiro atoms. The van der Waals surface area contributed by atoms with Gasteiger partial charge in [0.25, 0.3) is 0 Å². The van der Waals surface area contributed by atoms with Crippen LogP contribution < -0.4 is 5.32 Å². The zero-order chi connectivity index (χ0) is 24.3. The second-order valence-corrected chi connectivity index (χ2v) is 13.5. The Morgan fingerprint density at radius 3 is 2.12 bits per heavy atom. The lowest BCUT2D eigenvalue weighted by Gasteiger charge is -2.56. The fraction of sp³-hybridized carbons (Fsp3) is 0.692. The van der Waals surface area contributed by atoms with Crippen LogP contribution in [-0.2, 0) is 19.6 Å². The van der Waals surface area contributed by atoms with Crippen LogP contribution in [0.5, 0.6) is 0 Å². The van der Waals surface area contributed by atoms with Crippen LogP contribution in [0.3, 0.4) is 0 Å². The van der Waals surface area contributed by atoms with Crippen molar-refractivity contribution >= 4 is 27.5 Å². The van der Waals surface area contributed by atoms with Crippen molar-refractivity contribution in [2.45, 2.75) is 82.2 Å². The van der Waals surface area contributed by atoms with Crippen molar-refractivity contribution in [2.24, 2.45) is 23.2 Å². The molecule has 2 amide bonds. The normalized spacial score (nSPS) is 32.6. The molecule has 7 nitrogen and oxygen atoms in total. The van der Waals surface area contributed by atoms with E-state index in [4.69, 9.17) is 0 Å². The maximum atomic E-state index is 13.8. The lowest BCUT2D eigenvalue weighted by Crippen LogP contribution is -2.56. The third-order valence-electron chi connectivity index (χ3n) is 8.83. The summed E-state index contributed by atoms with van der Waals surface area (Å²) >= 11 is 0. The molecule has 34 heavy (non-hydrogen) atoms. The van der Waals surface area contributed by atoms with E-state index in [0.717, 1.165) is 25.7 Å². The van der Waals surface area contributed by atoms with E-state index in [-0.39, 0.29) is 28.2 Å². The molecule has 0 aromatic heterocycles. The number of rotatable bonds is 6. The Morgan fingerprint density at radius 2 is 1.59 bits per heavy atom. The molecule has 8 heteroatoms. The van der Waals surface area contributed by atoms with Crippen LogP contribution >= 0.6 is 0 Å². The molecule has 186 valence electrons. The average Bonchev–Trinajstić information content (AvgIpc) is 3.27. The van der Waals surface area contributed by atoms with E-state index in [1.54, 1.807) is 19.2 Å². The van der Waals surface area contributed by atoms with E-state index in [1.807, 2.05) is 18.7 Å². The molecule has 6 rings (SSSR count). The Balaban J connectivity index is 1.27. The van der Waals surface area contributed by atoms with Crippen LogP contribution in [0.25, 0.3) is 0 Å². The summed E-state index contributed by atoms with van der Waals surface area (Å²) in [5.41, 5.74) is 0.307. The number of carbonyl (C=O) groups is 2. The quantitative estimate of drug-likeness (QED) is 0.660. The zero-order valence-electron chi connectivity index (χ0n) is 20.5. The van der Waals surface area contributed by atoms with Crippen LogP contribution in [-0.4, -0.2) is 55.1 Å². The predicted octanol–water partition coefficient (Wildman–Crippen LogP) is 3.86. The fourth-order valence-corrected chi connectivity index (χ4v) is 8.71. The van der Waals surface area contributed by atoms with E-state index in [0.29, 0.717) is 36.4 Å². The molecule has 5 fully saturated rings. The van der Waals surface area contributed by atoms with E-state index < -0.39 is 16.1 Å². The number of hydrogen-bond donors (Lipinski definition) is 1. The van der Waals surface area contributed by atoms with Gasteiger partial charge in [0.1, 0.15) is 6.04 Å². The van der Waals surface area contributed by atoms with Crippen LogP contribution in [0.15, 0.2) is 29.2 Å². The average molecular weight is 488 g/mol. The minimum absolute atomic E-state index is 0.149. The highest BCUT2D eigenvalue weighted by Crippen LogP contribution is 2.60. The molecule has 4 saturated carbocycles. The number of nitrogens with zero attached hydrogens (tertiary/aromatic N) is 2. The third kappa shape index (κ3) is 4.06. The van der Waals surface area contributed by atoms with Crippen molar-refractivity contribution in [2.75, 3.05) is 18.9 Å². The molecule has 1 heterocycles. The van der Waals surface area contributed by atoms with Crippen LogP contribution in [0.2, 0.25) is 0 Å². The standard InChI is InChI=1S/C26H37N3O4S/c1-17(2)28(3)34(32,33)22-8-6-21(7-9-22)27-24(30)23-5-4-10-29(23)25(31)26-14-18-11-19(15-26)13-20(12-18)16-26/h6-9,17-20,23H,4-5,10-16H2,1-3H3,(H,27,30)/t18?,19?,20?,23-,26?/m0/s1. The summed E-state index contributed by atoms with van der Waals surface area (Å²) in [5, 5.41) is 2.93. The highest BCUT2D eigenvalue weighted by molar-refractivity contribution is 7.89. The smallest absolute Gasteiger partial charge is 0.247 e. The lowest BCUT2D eigenvalue weighted by atomic mass is 9.49. The van der Waals surface area contributed by atoms with Gasteiger partial charge in [0.2, 0.25) is 21.8 Å². The summed E-state index contributed by atoms with van der Waals surface area (Å²) < 4.78 is 26.7. The van der Waals surface area contributed by atoms with Crippen molar-refractivity contribution < 1.29 is 18.0 Å². The SMILES string of the molecule is CC(C)N(C)S(=O)(=O)c1ccc(NC(=O)[C@@H]2CCCN2C(=O)C23CC4CC(CC(C4)C2)C3)cc1. The molecular formula is C26H37N3O4S. The van der Waals surface area contributed by atoms with Gasteiger partial charge in [0.15, 0.2) is 0 Å². The summed E-state index contributed by atoms with van der Waals surface area (Å²) in [4.78, 5) is 29.1. The Labute approximate surface area is 203 Å². The summed E-state index contributed by atoms with van der Waals surface area (Å²) in [6.45, 7) is 4.30. The van der Waals surface area contributed by atoms with Crippen molar-refractivity contribution in [3.05, 3.63) is 24.3 Å². The van der Waals surface area contributed by atoms with Crippen molar-refractivity contribution in [1.82, 2.24) is 9.21 Å². The molecule has 1 atom stereocenters. The maximum Gasteiger partial charge on any atom is 0.247 e. The van der Waals surface area contributed by atoms with Gasteiger partial charge in [-0.15, -0.1) is 0 Å². The summed E-state index contributed by atoms with van der Waals surface area (Å²) in [6.07, 6.45) is 8.39. The number of likely N-dealkylation sites (tertiary alicyclic amines) is 1. The molecule has 1 N–H and O–H groups in total.